The van der Waals surface area contributed by atoms with Crippen LogP contribution in [0, 0.1) is 5.92 Å². The van der Waals surface area contributed by atoms with E-state index in [0.717, 1.165) is 16.5 Å². The van der Waals surface area contributed by atoms with E-state index >= 15 is 0 Å². The van der Waals surface area contributed by atoms with Gasteiger partial charge in [-0.3, -0.25) is 4.79 Å². The molecule has 4 nitrogen and oxygen atoms in total. The number of likely N-dealkylation sites (tertiary alicyclic amines) is 1. The first-order valence-electron chi connectivity index (χ1n) is 8.02. The van der Waals surface area contributed by atoms with Crippen LogP contribution in [0.1, 0.15) is 18.4 Å². The van der Waals surface area contributed by atoms with Crippen LogP contribution in [0.25, 0.3) is 10.9 Å². The van der Waals surface area contributed by atoms with E-state index in [9.17, 15) is 18.0 Å². The van der Waals surface area contributed by atoms with Crippen molar-refractivity contribution in [1.82, 2.24) is 9.88 Å². The van der Waals surface area contributed by atoms with Crippen LogP contribution in [0.2, 0.25) is 0 Å². The van der Waals surface area contributed by atoms with Gasteiger partial charge in [0.25, 0.3) is 0 Å². The van der Waals surface area contributed by atoms with Gasteiger partial charge in [0, 0.05) is 30.2 Å². The number of amides is 1. The standard InChI is InChI=1S/C17H20F3N3O.ClH/c18-17(19,20)12-5-7-23(8-6-12)16(24)14(21)9-11-10-22-15-4-2-1-3-13(11)15;/h1-4,10,12,14,22H,5-9,21H2;1H/t14-;/m0./s1. The molecule has 1 aromatic carbocycles. The number of carbonyl (C=O) groups excluding carboxylic acids is 1. The summed E-state index contributed by atoms with van der Waals surface area (Å²) >= 11 is 0. The van der Waals surface area contributed by atoms with Gasteiger partial charge < -0.3 is 15.6 Å². The van der Waals surface area contributed by atoms with Crippen molar-refractivity contribution in [2.75, 3.05) is 13.1 Å². The van der Waals surface area contributed by atoms with Crippen molar-refractivity contribution in [3.8, 4) is 0 Å². The van der Waals surface area contributed by atoms with Crippen molar-refractivity contribution in [3.05, 3.63) is 36.0 Å². The molecular formula is C17H21ClF3N3O. The van der Waals surface area contributed by atoms with E-state index in [2.05, 4.69) is 4.98 Å². The molecule has 1 aliphatic heterocycles. The van der Waals surface area contributed by atoms with Crippen LogP contribution in [-0.2, 0) is 11.2 Å². The minimum atomic E-state index is -4.18. The van der Waals surface area contributed by atoms with Gasteiger partial charge in [0.1, 0.15) is 0 Å². The molecule has 2 heterocycles. The summed E-state index contributed by atoms with van der Waals surface area (Å²) in [5.41, 5.74) is 7.94. The Labute approximate surface area is 150 Å². The summed E-state index contributed by atoms with van der Waals surface area (Å²) in [4.78, 5) is 17.0. The average Bonchev–Trinajstić information content (AvgIpc) is 2.96. The Morgan fingerprint density at radius 2 is 1.92 bits per heavy atom. The molecule has 1 aliphatic rings. The van der Waals surface area contributed by atoms with Crippen molar-refractivity contribution in [1.29, 1.82) is 0 Å². The molecule has 3 N–H and O–H groups in total. The van der Waals surface area contributed by atoms with Gasteiger partial charge in [-0.15, -0.1) is 12.4 Å². The lowest BCUT2D eigenvalue weighted by molar-refractivity contribution is -0.186. The van der Waals surface area contributed by atoms with Gasteiger partial charge in [0.15, 0.2) is 0 Å². The lowest BCUT2D eigenvalue weighted by Crippen LogP contribution is -2.49. The number of hydrogen-bond acceptors (Lipinski definition) is 2. The summed E-state index contributed by atoms with van der Waals surface area (Å²) in [6.07, 6.45) is -2.08. The molecule has 0 saturated carbocycles. The Hall–Kier alpha value is -1.73. The predicted molar refractivity (Wildman–Crippen MR) is 92.6 cm³/mol. The molecule has 0 radical (unpaired) electrons. The highest BCUT2D eigenvalue weighted by Gasteiger charge is 2.42. The number of nitrogens with two attached hydrogens (primary N) is 1. The van der Waals surface area contributed by atoms with Crippen molar-refractivity contribution in [3.63, 3.8) is 0 Å². The number of halogens is 4. The van der Waals surface area contributed by atoms with E-state index in [1.807, 2.05) is 30.5 Å². The van der Waals surface area contributed by atoms with Gasteiger partial charge in [0.2, 0.25) is 5.91 Å². The normalized spacial score (nSPS) is 17.4. The smallest absolute Gasteiger partial charge is 0.361 e. The molecule has 3 rings (SSSR count). The number of nitrogens with one attached hydrogen (secondary N) is 1. The maximum atomic E-state index is 12.7. The Kier molecular flexibility index (Phi) is 6.00. The van der Waals surface area contributed by atoms with Crippen LogP contribution in [0.4, 0.5) is 13.2 Å². The number of alkyl halides is 3. The number of aromatic amines is 1. The molecule has 1 amide bonds. The third-order valence-electron chi connectivity index (χ3n) is 4.70. The summed E-state index contributed by atoms with van der Waals surface area (Å²) in [6, 6.07) is 6.97. The van der Waals surface area contributed by atoms with Crippen molar-refractivity contribution >= 4 is 29.2 Å². The van der Waals surface area contributed by atoms with Gasteiger partial charge in [-0.2, -0.15) is 13.2 Å². The molecule has 0 bridgehead atoms. The maximum absolute atomic E-state index is 12.7. The Morgan fingerprint density at radius 3 is 2.56 bits per heavy atom. The van der Waals surface area contributed by atoms with Gasteiger partial charge in [-0.05, 0) is 30.9 Å². The lowest BCUT2D eigenvalue weighted by atomic mass is 9.95. The first kappa shape index (κ1) is 19.6. The lowest BCUT2D eigenvalue weighted by Gasteiger charge is -2.34. The zero-order valence-corrected chi connectivity index (χ0v) is 14.4. The highest BCUT2D eigenvalue weighted by atomic mass is 35.5. The first-order valence-corrected chi connectivity index (χ1v) is 8.02. The quantitative estimate of drug-likeness (QED) is 0.865. The van der Waals surface area contributed by atoms with E-state index < -0.39 is 18.1 Å². The van der Waals surface area contributed by atoms with Gasteiger partial charge in [-0.25, -0.2) is 0 Å². The van der Waals surface area contributed by atoms with Crippen molar-refractivity contribution < 1.29 is 18.0 Å². The number of fused-ring (bicyclic) bond motifs is 1. The predicted octanol–water partition coefficient (Wildman–Crippen LogP) is 3.26. The van der Waals surface area contributed by atoms with Crippen molar-refractivity contribution in [2.24, 2.45) is 11.7 Å². The molecule has 0 aliphatic carbocycles. The summed E-state index contributed by atoms with van der Waals surface area (Å²) in [6.45, 7) is 0.231. The molecule has 2 aromatic rings. The second-order valence-corrected chi connectivity index (χ2v) is 6.31. The Morgan fingerprint density at radius 1 is 1.28 bits per heavy atom. The second-order valence-electron chi connectivity index (χ2n) is 6.31. The fraction of sp³-hybridized carbons (Fsp3) is 0.471. The summed E-state index contributed by atoms with van der Waals surface area (Å²) < 4.78 is 38.1. The van der Waals surface area contributed by atoms with Crippen LogP contribution in [0.5, 0.6) is 0 Å². The van der Waals surface area contributed by atoms with E-state index in [4.69, 9.17) is 5.73 Å². The monoisotopic (exact) mass is 375 g/mol. The van der Waals surface area contributed by atoms with Crippen LogP contribution in [0.15, 0.2) is 30.5 Å². The largest absolute Gasteiger partial charge is 0.391 e. The molecule has 138 valence electrons. The molecule has 0 unspecified atom stereocenters. The highest BCUT2D eigenvalue weighted by molar-refractivity contribution is 5.86. The number of piperidine rings is 1. The van der Waals surface area contributed by atoms with Crippen LogP contribution in [0.3, 0.4) is 0 Å². The SMILES string of the molecule is Cl.N[C@@H](Cc1c[nH]c2ccccc12)C(=O)N1CCC(C(F)(F)F)CC1. The van der Waals surface area contributed by atoms with E-state index in [-0.39, 0.29) is 44.2 Å². The van der Waals surface area contributed by atoms with Crippen LogP contribution < -0.4 is 5.73 Å². The number of aromatic nitrogens is 1. The molecule has 25 heavy (non-hydrogen) atoms. The zero-order chi connectivity index (χ0) is 17.3. The molecule has 1 fully saturated rings. The zero-order valence-electron chi connectivity index (χ0n) is 13.6. The molecule has 0 spiro atoms. The molecule has 1 atom stereocenters. The molecule has 1 saturated heterocycles. The number of carbonyl (C=O) groups is 1. The fourth-order valence-electron chi connectivity index (χ4n) is 3.29. The third kappa shape index (κ3) is 4.27. The fourth-order valence-corrected chi connectivity index (χ4v) is 3.29. The molecule has 1 aromatic heterocycles. The van der Waals surface area contributed by atoms with Crippen LogP contribution in [-0.4, -0.2) is 41.1 Å². The van der Waals surface area contributed by atoms with Gasteiger partial charge in [0.05, 0.1) is 12.0 Å². The second kappa shape index (κ2) is 7.66. The number of benzene rings is 1. The van der Waals surface area contributed by atoms with Crippen LogP contribution >= 0.6 is 12.4 Å². The number of nitrogens with zero attached hydrogens (tertiary/aromatic N) is 1. The number of hydrogen-bond donors (Lipinski definition) is 2. The number of para-hydroxylation sites is 1. The van der Waals surface area contributed by atoms with E-state index in [1.54, 1.807) is 0 Å². The van der Waals surface area contributed by atoms with Crippen molar-refractivity contribution in [2.45, 2.75) is 31.5 Å². The van der Waals surface area contributed by atoms with E-state index in [0.29, 0.717) is 6.42 Å². The van der Waals surface area contributed by atoms with Gasteiger partial charge >= 0.3 is 6.18 Å². The van der Waals surface area contributed by atoms with E-state index in [1.165, 1.54) is 4.90 Å². The number of H-pyrrole nitrogens is 1. The minimum absolute atomic E-state index is 0. The molecular weight excluding hydrogens is 355 g/mol. The summed E-state index contributed by atoms with van der Waals surface area (Å²) in [5, 5.41) is 1.01. The first-order chi connectivity index (χ1) is 11.4. The maximum Gasteiger partial charge on any atom is 0.391 e. The topological polar surface area (TPSA) is 62.1 Å². The summed E-state index contributed by atoms with van der Waals surface area (Å²) in [7, 11) is 0. The minimum Gasteiger partial charge on any atom is -0.361 e. The highest BCUT2D eigenvalue weighted by Crippen LogP contribution is 2.34. The Bertz CT molecular complexity index is 723. The third-order valence-corrected chi connectivity index (χ3v) is 4.70. The Balaban J connectivity index is 0.00000225. The summed E-state index contributed by atoms with van der Waals surface area (Å²) in [5.74, 6) is -1.59. The van der Waals surface area contributed by atoms with Gasteiger partial charge in [-0.1, -0.05) is 18.2 Å². The number of rotatable bonds is 3. The average molecular weight is 376 g/mol. The molecule has 8 heteroatoms.